The van der Waals surface area contributed by atoms with E-state index in [4.69, 9.17) is 5.73 Å². The van der Waals surface area contributed by atoms with Crippen LogP contribution in [0.2, 0.25) is 0 Å². The molecule has 0 aromatic carbocycles. The molecular weight excluding hydrogens is 246 g/mol. The second-order valence-corrected chi connectivity index (χ2v) is 5.24. The molecule has 102 valence electrons. The number of hydrogen-bond acceptors (Lipinski definition) is 3. The fraction of sp³-hybridized carbons (Fsp3) is 0.643. The van der Waals surface area contributed by atoms with E-state index in [1.165, 1.54) is 24.9 Å². The Bertz CT molecular complexity index is 368. The van der Waals surface area contributed by atoms with Gasteiger partial charge < -0.3 is 5.73 Å². The maximum atomic E-state index is 6.01. The van der Waals surface area contributed by atoms with Crippen LogP contribution >= 0.6 is 12.4 Å². The highest BCUT2D eigenvalue weighted by molar-refractivity contribution is 5.85. The Morgan fingerprint density at radius 1 is 1.56 bits per heavy atom. The molecule has 2 rings (SSSR count). The van der Waals surface area contributed by atoms with E-state index in [1.54, 1.807) is 0 Å². The average Bonchev–Trinajstić information content (AvgIpc) is 2.32. The molecule has 1 aliphatic rings. The van der Waals surface area contributed by atoms with Crippen molar-refractivity contribution in [2.75, 3.05) is 13.1 Å². The van der Waals surface area contributed by atoms with Gasteiger partial charge in [0.05, 0.1) is 0 Å². The van der Waals surface area contributed by atoms with Gasteiger partial charge in [-0.25, -0.2) is 0 Å². The maximum absolute atomic E-state index is 6.01. The lowest BCUT2D eigenvalue weighted by Gasteiger charge is -2.34. The average molecular weight is 270 g/mol. The number of rotatable bonds is 3. The number of likely N-dealkylation sites (tertiary alicyclic amines) is 1. The van der Waals surface area contributed by atoms with Gasteiger partial charge in [-0.2, -0.15) is 0 Å². The molecule has 4 heteroatoms. The summed E-state index contributed by atoms with van der Waals surface area (Å²) in [7, 11) is 0. The van der Waals surface area contributed by atoms with Crippen molar-refractivity contribution in [1.82, 2.24) is 9.88 Å². The van der Waals surface area contributed by atoms with Crippen molar-refractivity contribution in [2.24, 2.45) is 11.7 Å². The van der Waals surface area contributed by atoms with Crippen molar-refractivity contribution in [1.29, 1.82) is 0 Å². The largest absolute Gasteiger partial charge is 0.328 e. The number of aromatic nitrogens is 1. The van der Waals surface area contributed by atoms with Gasteiger partial charge in [-0.3, -0.25) is 9.88 Å². The minimum absolute atomic E-state index is 0. The van der Waals surface area contributed by atoms with E-state index in [0.29, 0.717) is 12.0 Å². The first-order valence-corrected chi connectivity index (χ1v) is 6.55. The van der Waals surface area contributed by atoms with E-state index in [2.05, 4.69) is 29.8 Å². The SMILES string of the molecule is Cc1ncccc1CN1CCCC(C(C)N)C1.Cl. The molecule has 0 radical (unpaired) electrons. The zero-order valence-electron chi connectivity index (χ0n) is 11.3. The predicted octanol–water partition coefficient (Wildman–Crippen LogP) is 2.37. The Morgan fingerprint density at radius 2 is 2.33 bits per heavy atom. The predicted molar refractivity (Wildman–Crippen MR) is 77.9 cm³/mol. The summed E-state index contributed by atoms with van der Waals surface area (Å²) in [6, 6.07) is 4.51. The van der Waals surface area contributed by atoms with E-state index in [-0.39, 0.29) is 12.4 Å². The van der Waals surface area contributed by atoms with Crippen LogP contribution in [-0.4, -0.2) is 29.0 Å². The van der Waals surface area contributed by atoms with Crippen LogP contribution in [0.5, 0.6) is 0 Å². The van der Waals surface area contributed by atoms with Gasteiger partial charge >= 0.3 is 0 Å². The van der Waals surface area contributed by atoms with Crippen molar-refractivity contribution >= 4 is 12.4 Å². The van der Waals surface area contributed by atoms with E-state index in [1.807, 2.05) is 12.3 Å². The van der Waals surface area contributed by atoms with Gasteiger partial charge in [0.1, 0.15) is 0 Å². The van der Waals surface area contributed by atoms with Crippen molar-refractivity contribution in [3.05, 3.63) is 29.6 Å². The van der Waals surface area contributed by atoms with Crippen LogP contribution in [0.15, 0.2) is 18.3 Å². The molecule has 0 aliphatic carbocycles. The lowest BCUT2D eigenvalue weighted by Crippen LogP contribution is -2.42. The number of pyridine rings is 1. The first-order valence-electron chi connectivity index (χ1n) is 6.55. The van der Waals surface area contributed by atoms with Crippen LogP contribution in [-0.2, 0) is 6.54 Å². The lowest BCUT2D eigenvalue weighted by atomic mass is 9.92. The van der Waals surface area contributed by atoms with Gasteiger partial charge in [-0.15, -0.1) is 12.4 Å². The summed E-state index contributed by atoms with van der Waals surface area (Å²) in [5.41, 5.74) is 8.51. The van der Waals surface area contributed by atoms with Gasteiger partial charge in [-0.1, -0.05) is 6.07 Å². The quantitative estimate of drug-likeness (QED) is 0.916. The summed E-state index contributed by atoms with van der Waals surface area (Å²) in [5, 5.41) is 0. The van der Waals surface area contributed by atoms with Crippen LogP contribution in [0.3, 0.4) is 0 Å². The summed E-state index contributed by atoms with van der Waals surface area (Å²) in [6.45, 7) is 7.55. The Hall–Kier alpha value is -0.640. The van der Waals surface area contributed by atoms with E-state index < -0.39 is 0 Å². The van der Waals surface area contributed by atoms with Crippen molar-refractivity contribution in [2.45, 2.75) is 39.3 Å². The molecule has 0 bridgehead atoms. The molecule has 0 amide bonds. The standard InChI is InChI=1S/C14H23N3.ClH/c1-11(15)13-6-4-8-17(9-13)10-14-5-3-7-16-12(14)2;/h3,5,7,11,13H,4,6,8-10,15H2,1-2H3;1H. The number of aryl methyl sites for hydroxylation is 1. The molecule has 1 aromatic rings. The molecule has 2 unspecified atom stereocenters. The highest BCUT2D eigenvalue weighted by atomic mass is 35.5. The topological polar surface area (TPSA) is 42.2 Å². The van der Waals surface area contributed by atoms with Crippen LogP contribution < -0.4 is 5.73 Å². The first kappa shape index (κ1) is 15.4. The van der Waals surface area contributed by atoms with Gasteiger partial charge in [0.15, 0.2) is 0 Å². The molecule has 1 saturated heterocycles. The normalized spacial score (nSPS) is 22.3. The van der Waals surface area contributed by atoms with Crippen molar-refractivity contribution in [3.63, 3.8) is 0 Å². The van der Waals surface area contributed by atoms with Crippen LogP contribution in [0.4, 0.5) is 0 Å². The third kappa shape index (κ3) is 3.94. The maximum Gasteiger partial charge on any atom is 0.0417 e. The summed E-state index contributed by atoms with van der Waals surface area (Å²) in [6.07, 6.45) is 4.41. The summed E-state index contributed by atoms with van der Waals surface area (Å²) in [4.78, 5) is 6.86. The number of halogens is 1. The van der Waals surface area contributed by atoms with Crippen LogP contribution in [0.1, 0.15) is 31.0 Å². The third-order valence-corrected chi connectivity index (χ3v) is 3.80. The zero-order valence-corrected chi connectivity index (χ0v) is 12.1. The summed E-state index contributed by atoms with van der Waals surface area (Å²) < 4.78 is 0. The van der Waals surface area contributed by atoms with E-state index >= 15 is 0 Å². The van der Waals surface area contributed by atoms with Crippen molar-refractivity contribution in [3.8, 4) is 0 Å². The number of nitrogens with two attached hydrogens (primary N) is 1. The second kappa shape index (κ2) is 7.07. The third-order valence-electron chi connectivity index (χ3n) is 3.80. The molecular formula is C14H24ClN3. The molecule has 1 aromatic heterocycles. The first-order chi connectivity index (χ1) is 8.16. The summed E-state index contributed by atoms with van der Waals surface area (Å²) in [5.74, 6) is 0.653. The fourth-order valence-electron chi connectivity index (χ4n) is 2.59. The van der Waals surface area contributed by atoms with Crippen LogP contribution in [0.25, 0.3) is 0 Å². The zero-order chi connectivity index (χ0) is 12.3. The Kier molecular flexibility index (Phi) is 6.06. The van der Waals surface area contributed by atoms with Gasteiger partial charge in [-0.05, 0) is 50.8 Å². The molecule has 1 fully saturated rings. The van der Waals surface area contributed by atoms with Gasteiger partial charge in [0, 0.05) is 31.0 Å². The van der Waals surface area contributed by atoms with Gasteiger partial charge in [0.25, 0.3) is 0 Å². The van der Waals surface area contributed by atoms with Crippen LogP contribution in [0, 0.1) is 12.8 Å². The Morgan fingerprint density at radius 3 is 3.00 bits per heavy atom. The minimum Gasteiger partial charge on any atom is -0.328 e. The van der Waals surface area contributed by atoms with E-state index in [9.17, 15) is 0 Å². The molecule has 3 nitrogen and oxygen atoms in total. The molecule has 2 N–H and O–H groups in total. The lowest BCUT2D eigenvalue weighted by molar-refractivity contribution is 0.154. The Labute approximate surface area is 116 Å². The smallest absolute Gasteiger partial charge is 0.0417 e. The number of hydrogen-bond donors (Lipinski definition) is 1. The molecule has 0 spiro atoms. The highest BCUT2D eigenvalue weighted by Crippen LogP contribution is 2.20. The Balaban J connectivity index is 0.00000162. The fourth-order valence-corrected chi connectivity index (χ4v) is 2.59. The van der Waals surface area contributed by atoms with Gasteiger partial charge in [0.2, 0.25) is 0 Å². The van der Waals surface area contributed by atoms with Crippen molar-refractivity contribution < 1.29 is 0 Å². The highest BCUT2D eigenvalue weighted by Gasteiger charge is 2.22. The number of nitrogens with zero attached hydrogens (tertiary/aromatic N) is 2. The molecule has 2 heterocycles. The molecule has 2 atom stereocenters. The second-order valence-electron chi connectivity index (χ2n) is 5.24. The minimum atomic E-state index is 0. The molecule has 0 saturated carbocycles. The molecule has 1 aliphatic heterocycles. The molecule has 18 heavy (non-hydrogen) atoms. The summed E-state index contributed by atoms with van der Waals surface area (Å²) >= 11 is 0. The number of piperidine rings is 1. The monoisotopic (exact) mass is 269 g/mol. The van der Waals surface area contributed by atoms with E-state index in [0.717, 1.165) is 18.8 Å².